The van der Waals surface area contributed by atoms with Gasteiger partial charge in [0, 0.05) is 10.4 Å². The highest BCUT2D eigenvalue weighted by Crippen LogP contribution is 2.27. The first-order valence-corrected chi connectivity index (χ1v) is 8.98. The summed E-state index contributed by atoms with van der Waals surface area (Å²) in [4.78, 5) is 33.5. The molecule has 4 nitrogen and oxygen atoms in total. The third-order valence-corrected chi connectivity index (χ3v) is 5.71. The second-order valence-electron chi connectivity index (χ2n) is 5.41. The van der Waals surface area contributed by atoms with Gasteiger partial charge in [-0.3, -0.25) is 9.59 Å². The van der Waals surface area contributed by atoms with Crippen LogP contribution in [0.3, 0.4) is 0 Å². The Hall–Kier alpha value is -1.92. The van der Waals surface area contributed by atoms with Crippen molar-refractivity contribution >= 4 is 39.1 Å². The largest absolute Gasteiger partial charge is 0.301 e. The van der Waals surface area contributed by atoms with Gasteiger partial charge < -0.3 is 4.98 Å². The highest BCUT2D eigenvalue weighted by Gasteiger charge is 2.13. The molecule has 3 rings (SSSR count). The lowest BCUT2D eigenvalue weighted by molar-refractivity contribution is 0.102. The number of aromatic nitrogens is 2. The van der Waals surface area contributed by atoms with E-state index in [0.29, 0.717) is 16.1 Å². The van der Waals surface area contributed by atoms with Gasteiger partial charge in [-0.1, -0.05) is 41.6 Å². The number of aromatic amines is 1. The van der Waals surface area contributed by atoms with E-state index in [2.05, 4.69) is 9.97 Å². The number of aryl methyl sites for hydroxylation is 3. The number of rotatable bonds is 4. The predicted octanol–water partition coefficient (Wildman–Crippen LogP) is 3.88. The molecule has 0 amide bonds. The zero-order valence-corrected chi connectivity index (χ0v) is 14.7. The van der Waals surface area contributed by atoms with Gasteiger partial charge in [-0.2, -0.15) is 0 Å². The van der Waals surface area contributed by atoms with Crippen LogP contribution < -0.4 is 5.56 Å². The Morgan fingerprint density at radius 1 is 1.22 bits per heavy atom. The van der Waals surface area contributed by atoms with Gasteiger partial charge >= 0.3 is 0 Å². The zero-order valence-electron chi connectivity index (χ0n) is 13.1. The number of H-pyrrole nitrogens is 1. The van der Waals surface area contributed by atoms with Crippen LogP contribution in [-0.4, -0.2) is 21.5 Å². The zero-order chi connectivity index (χ0) is 16.6. The Kier molecular flexibility index (Phi) is 4.37. The van der Waals surface area contributed by atoms with E-state index in [1.165, 1.54) is 23.1 Å². The lowest BCUT2D eigenvalue weighted by atomic mass is 10.1. The standard InChI is InChI=1S/C17H16N2O2S2/c1-9-4-6-12(7-5-9)13(20)8-22-17-18-15(21)14-10(2)11(3)23-16(14)19-17/h4-7H,8H2,1-3H3,(H,18,19,21). The maximum atomic E-state index is 12.2. The van der Waals surface area contributed by atoms with Crippen LogP contribution in [0.2, 0.25) is 0 Å². The van der Waals surface area contributed by atoms with Gasteiger partial charge in [0.1, 0.15) is 4.83 Å². The van der Waals surface area contributed by atoms with E-state index in [4.69, 9.17) is 0 Å². The number of Topliss-reactive ketones (excluding diaryl/α,β-unsaturated/α-hetero) is 1. The van der Waals surface area contributed by atoms with Crippen molar-refractivity contribution in [3.8, 4) is 0 Å². The number of carbonyl (C=O) groups is 1. The summed E-state index contributed by atoms with van der Waals surface area (Å²) in [6, 6.07) is 7.48. The van der Waals surface area contributed by atoms with Crippen molar-refractivity contribution in [1.82, 2.24) is 9.97 Å². The van der Waals surface area contributed by atoms with Crippen LogP contribution in [0.25, 0.3) is 10.2 Å². The molecule has 0 atom stereocenters. The molecule has 1 aromatic carbocycles. The van der Waals surface area contributed by atoms with Crippen molar-refractivity contribution in [1.29, 1.82) is 0 Å². The van der Waals surface area contributed by atoms with E-state index in [1.54, 1.807) is 0 Å². The molecule has 1 N–H and O–H groups in total. The average molecular weight is 344 g/mol. The van der Waals surface area contributed by atoms with Crippen LogP contribution in [0.15, 0.2) is 34.2 Å². The number of thiophene rings is 1. The maximum absolute atomic E-state index is 12.2. The predicted molar refractivity (Wildman–Crippen MR) is 95.9 cm³/mol. The monoisotopic (exact) mass is 344 g/mol. The molecule has 0 aliphatic heterocycles. The first-order chi connectivity index (χ1) is 11.0. The third kappa shape index (κ3) is 3.23. The minimum Gasteiger partial charge on any atom is -0.301 e. The van der Waals surface area contributed by atoms with E-state index in [1.807, 2.05) is 45.0 Å². The molecule has 23 heavy (non-hydrogen) atoms. The number of fused-ring (bicyclic) bond motifs is 1. The smallest absolute Gasteiger partial charge is 0.260 e. The molecule has 0 unspecified atom stereocenters. The van der Waals surface area contributed by atoms with E-state index in [0.717, 1.165) is 20.8 Å². The summed E-state index contributed by atoms with van der Waals surface area (Å²) in [6.45, 7) is 5.89. The van der Waals surface area contributed by atoms with E-state index in [9.17, 15) is 9.59 Å². The summed E-state index contributed by atoms with van der Waals surface area (Å²) in [5, 5.41) is 1.14. The number of nitrogens with one attached hydrogen (secondary N) is 1. The molecule has 2 aromatic heterocycles. The van der Waals surface area contributed by atoms with E-state index >= 15 is 0 Å². The quantitative estimate of drug-likeness (QED) is 0.443. The van der Waals surface area contributed by atoms with E-state index < -0.39 is 0 Å². The van der Waals surface area contributed by atoms with Crippen molar-refractivity contribution in [2.75, 3.05) is 5.75 Å². The molecule has 2 heterocycles. The minimum atomic E-state index is -0.137. The number of benzene rings is 1. The fraction of sp³-hybridized carbons (Fsp3) is 0.235. The second-order valence-corrected chi connectivity index (χ2v) is 7.58. The molecular weight excluding hydrogens is 328 g/mol. The minimum absolute atomic E-state index is 0.0243. The Morgan fingerprint density at radius 2 is 1.91 bits per heavy atom. The molecule has 6 heteroatoms. The molecule has 0 radical (unpaired) electrons. The summed E-state index contributed by atoms with van der Waals surface area (Å²) in [5.41, 5.74) is 2.64. The van der Waals surface area contributed by atoms with Gasteiger partial charge in [0.15, 0.2) is 10.9 Å². The average Bonchev–Trinajstić information content (AvgIpc) is 2.80. The molecule has 0 aliphatic carbocycles. The molecule has 0 aliphatic rings. The molecular formula is C17H16N2O2S2. The molecule has 0 spiro atoms. The third-order valence-electron chi connectivity index (χ3n) is 3.73. The van der Waals surface area contributed by atoms with Crippen molar-refractivity contribution in [3.63, 3.8) is 0 Å². The number of carbonyl (C=O) groups excluding carboxylic acids is 1. The molecule has 118 valence electrons. The lowest BCUT2D eigenvalue weighted by Gasteiger charge is -2.02. The first kappa shape index (κ1) is 16.0. The van der Waals surface area contributed by atoms with Gasteiger partial charge in [-0.25, -0.2) is 4.98 Å². The van der Waals surface area contributed by atoms with E-state index in [-0.39, 0.29) is 17.1 Å². The number of hydrogen-bond acceptors (Lipinski definition) is 5. The van der Waals surface area contributed by atoms with Crippen LogP contribution in [0, 0.1) is 20.8 Å². The number of nitrogens with zero attached hydrogens (tertiary/aromatic N) is 1. The molecule has 0 bridgehead atoms. The number of hydrogen-bond donors (Lipinski definition) is 1. The van der Waals surface area contributed by atoms with Crippen LogP contribution in [0.5, 0.6) is 0 Å². The summed E-state index contributed by atoms with van der Waals surface area (Å²) in [5.74, 6) is 0.275. The Balaban J connectivity index is 1.81. The Labute approximate surface area is 142 Å². The molecule has 0 saturated heterocycles. The van der Waals surface area contributed by atoms with Gasteiger partial charge in [0.25, 0.3) is 5.56 Å². The van der Waals surface area contributed by atoms with Crippen LogP contribution in [-0.2, 0) is 0 Å². The lowest BCUT2D eigenvalue weighted by Crippen LogP contribution is -2.10. The van der Waals surface area contributed by atoms with Gasteiger partial charge in [0.2, 0.25) is 0 Å². The van der Waals surface area contributed by atoms with Gasteiger partial charge in [0.05, 0.1) is 11.1 Å². The number of thioether (sulfide) groups is 1. The van der Waals surface area contributed by atoms with Crippen LogP contribution in [0.1, 0.15) is 26.4 Å². The first-order valence-electron chi connectivity index (χ1n) is 7.18. The van der Waals surface area contributed by atoms with Crippen molar-refractivity contribution < 1.29 is 4.79 Å². The Morgan fingerprint density at radius 3 is 2.61 bits per heavy atom. The van der Waals surface area contributed by atoms with Crippen molar-refractivity contribution in [2.24, 2.45) is 0 Å². The van der Waals surface area contributed by atoms with Crippen LogP contribution in [0.4, 0.5) is 0 Å². The molecule has 3 aromatic rings. The Bertz CT molecular complexity index is 940. The highest BCUT2D eigenvalue weighted by atomic mass is 32.2. The van der Waals surface area contributed by atoms with Gasteiger partial charge in [-0.05, 0) is 26.3 Å². The fourth-order valence-corrected chi connectivity index (χ4v) is 4.10. The van der Waals surface area contributed by atoms with Gasteiger partial charge in [-0.15, -0.1) is 11.3 Å². The molecule has 0 fully saturated rings. The highest BCUT2D eigenvalue weighted by molar-refractivity contribution is 7.99. The normalized spacial score (nSPS) is 11.1. The summed E-state index contributed by atoms with van der Waals surface area (Å²) in [6.07, 6.45) is 0. The SMILES string of the molecule is Cc1ccc(C(=O)CSc2nc3sc(C)c(C)c3c(=O)[nH]2)cc1. The van der Waals surface area contributed by atoms with Crippen LogP contribution >= 0.6 is 23.1 Å². The maximum Gasteiger partial charge on any atom is 0.260 e. The summed E-state index contributed by atoms with van der Waals surface area (Å²) < 4.78 is 0. The topological polar surface area (TPSA) is 62.8 Å². The number of ketones is 1. The summed E-state index contributed by atoms with van der Waals surface area (Å²) in [7, 11) is 0. The van der Waals surface area contributed by atoms with Crippen molar-refractivity contribution in [2.45, 2.75) is 25.9 Å². The fourth-order valence-electron chi connectivity index (χ4n) is 2.26. The molecule has 0 saturated carbocycles. The second kappa shape index (κ2) is 6.29. The van der Waals surface area contributed by atoms with Crippen molar-refractivity contribution in [3.05, 3.63) is 56.2 Å². The summed E-state index contributed by atoms with van der Waals surface area (Å²) >= 11 is 2.77.